The Balaban J connectivity index is 1.83. The lowest BCUT2D eigenvalue weighted by molar-refractivity contribution is 0.00578. The highest BCUT2D eigenvalue weighted by atomic mass is 32.1. The van der Waals surface area contributed by atoms with Crippen LogP contribution in [-0.2, 0) is 9.31 Å². The van der Waals surface area contributed by atoms with E-state index in [2.05, 4.69) is 70.2 Å². The molecule has 1 aliphatic rings. The van der Waals surface area contributed by atoms with Gasteiger partial charge in [-0.25, -0.2) is 0 Å². The number of fused-ring (bicyclic) bond motifs is 3. The van der Waals surface area contributed by atoms with Gasteiger partial charge in [0.15, 0.2) is 0 Å². The first kappa shape index (κ1) is 14.3. The van der Waals surface area contributed by atoms with Crippen LogP contribution in [-0.4, -0.2) is 18.3 Å². The third-order valence-electron chi connectivity index (χ3n) is 4.91. The van der Waals surface area contributed by atoms with Gasteiger partial charge in [0.05, 0.1) is 11.2 Å². The van der Waals surface area contributed by atoms with E-state index >= 15 is 0 Å². The van der Waals surface area contributed by atoms with Crippen molar-refractivity contribution in [1.82, 2.24) is 0 Å². The van der Waals surface area contributed by atoms with Crippen molar-refractivity contribution in [3.8, 4) is 0 Å². The van der Waals surface area contributed by atoms with Crippen LogP contribution in [0.5, 0.6) is 0 Å². The van der Waals surface area contributed by atoms with Crippen LogP contribution in [0.3, 0.4) is 0 Å². The first-order valence-electron chi connectivity index (χ1n) is 7.64. The van der Waals surface area contributed by atoms with Gasteiger partial charge in [-0.1, -0.05) is 36.4 Å². The Bertz CT molecular complexity index is 850. The fourth-order valence-corrected chi connectivity index (χ4v) is 4.02. The summed E-state index contributed by atoms with van der Waals surface area (Å²) in [7, 11) is -0.277. The average Bonchev–Trinajstić information content (AvgIpc) is 2.98. The van der Waals surface area contributed by atoms with Crippen molar-refractivity contribution in [3.63, 3.8) is 0 Å². The molecule has 22 heavy (non-hydrogen) atoms. The largest absolute Gasteiger partial charge is 0.505 e. The Hall–Kier alpha value is -1.36. The van der Waals surface area contributed by atoms with E-state index < -0.39 is 0 Å². The van der Waals surface area contributed by atoms with E-state index in [0.29, 0.717) is 0 Å². The van der Waals surface area contributed by atoms with Crippen LogP contribution >= 0.6 is 11.3 Å². The fraction of sp³-hybridized carbons (Fsp3) is 0.333. The van der Waals surface area contributed by atoms with Crippen molar-refractivity contribution < 1.29 is 9.31 Å². The maximum atomic E-state index is 6.18. The zero-order valence-electron chi connectivity index (χ0n) is 13.3. The predicted molar refractivity (Wildman–Crippen MR) is 95.0 cm³/mol. The van der Waals surface area contributed by atoms with Gasteiger partial charge in [-0.2, -0.15) is 0 Å². The summed E-state index contributed by atoms with van der Waals surface area (Å²) in [6.07, 6.45) is 0. The van der Waals surface area contributed by atoms with Crippen LogP contribution in [0.2, 0.25) is 0 Å². The van der Waals surface area contributed by atoms with Crippen molar-refractivity contribution in [3.05, 3.63) is 42.5 Å². The minimum atomic E-state index is -0.296. The summed E-state index contributed by atoms with van der Waals surface area (Å²) in [5, 5.41) is 3.83. The maximum absolute atomic E-state index is 6.18. The number of rotatable bonds is 1. The Morgan fingerprint density at radius 1 is 0.864 bits per heavy atom. The summed E-state index contributed by atoms with van der Waals surface area (Å²) < 4.78 is 14.8. The summed E-state index contributed by atoms with van der Waals surface area (Å²) in [5.41, 5.74) is -0.591. The smallest absolute Gasteiger partial charge is 0.399 e. The van der Waals surface area contributed by atoms with Crippen molar-refractivity contribution in [1.29, 1.82) is 0 Å². The van der Waals surface area contributed by atoms with Gasteiger partial charge in [-0.15, -0.1) is 11.3 Å². The Morgan fingerprint density at radius 3 is 2.23 bits per heavy atom. The van der Waals surface area contributed by atoms with Crippen molar-refractivity contribution >= 4 is 44.1 Å². The van der Waals surface area contributed by atoms with E-state index in [4.69, 9.17) is 9.31 Å². The van der Waals surface area contributed by atoms with Crippen LogP contribution < -0.4 is 4.78 Å². The zero-order chi connectivity index (χ0) is 15.5. The highest BCUT2D eigenvalue weighted by Gasteiger charge is 2.52. The predicted octanol–water partition coefficient (Wildman–Crippen LogP) is 4.35. The third kappa shape index (κ3) is 2.02. The molecule has 2 heterocycles. The van der Waals surface area contributed by atoms with E-state index in [1.807, 2.05) is 0 Å². The fourth-order valence-electron chi connectivity index (χ4n) is 2.86. The van der Waals surface area contributed by atoms with Crippen LogP contribution in [0.4, 0.5) is 0 Å². The molecule has 0 spiro atoms. The van der Waals surface area contributed by atoms with E-state index in [1.165, 1.54) is 20.9 Å². The van der Waals surface area contributed by atoms with Crippen molar-refractivity contribution in [2.75, 3.05) is 0 Å². The molecular formula is C18H19BO2S. The molecule has 1 aliphatic heterocycles. The van der Waals surface area contributed by atoms with Gasteiger partial charge < -0.3 is 9.31 Å². The molecule has 0 bridgehead atoms. The molecule has 2 aromatic carbocycles. The van der Waals surface area contributed by atoms with E-state index in [1.54, 1.807) is 11.3 Å². The number of thiophene rings is 1. The van der Waals surface area contributed by atoms with Gasteiger partial charge in [-0.05, 0) is 49.9 Å². The lowest BCUT2D eigenvalue weighted by Gasteiger charge is -2.32. The van der Waals surface area contributed by atoms with Crippen molar-refractivity contribution in [2.24, 2.45) is 0 Å². The molecule has 0 amide bonds. The Morgan fingerprint density at radius 2 is 1.50 bits per heavy atom. The quantitative estimate of drug-likeness (QED) is 0.622. The normalized spacial score (nSPS) is 20.1. The summed E-state index contributed by atoms with van der Waals surface area (Å²) >= 11 is 1.78. The minimum absolute atomic E-state index is 0.277. The van der Waals surface area contributed by atoms with Gasteiger partial charge in [-0.3, -0.25) is 0 Å². The van der Waals surface area contributed by atoms with E-state index in [9.17, 15) is 0 Å². The molecule has 0 aliphatic carbocycles. The van der Waals surface area contributed by atoms with Crippen molar-refractivity contribution in [2.45, 2.75) is 38.9 Å². The second-order valence-corrected chi connectivity index (χ2v) is 8.03. The lowest BCUT2D eigenvalue weighted by atomic mass is 9.87. The zero-order valence-corrected chi connectivity index (χ0v) is 14.2. The molecule has 4 heteroatoms. The van der Waals surface area contributed by atoms with Gasteiger partial charge in [0.1, 0.15) is 0 Å². The molecule has 2 nitrogen and oxygen atoms in total. The molecule has 0 atom stereocenters. The SMILES string of the molecule is CC1(C)OB(c2cc3ccc4ccccc4c3s2)OC1(C)C. The third-order valence-corrected chi connectivity index (χ3v) is 6.12. The van der Waals surface area contributed by atoms with E-state index in [-0.39, 0.29) is 18.3 Å². The van der Waals surface area contributed by atoms with Crippen LogP contribution in [0.25, 0.3) is 20.9 Å². The first-order chi connectivity index (χ1) is 10.4. The topological polar surface area (TPSA) is 18.5 Å². The highest BCUT2D eigenvalue weighted by molar-refractivity contribution is 7.28. The molecule has 0 N–H and O–H groups in total. The molecular weight excluding hydrogens is 291 g/mol. The highest BCUT2D eigenvalue weighted by Crippen LogP contribution is 2.38. The Kier molecular flexibility index (Phi) is 2.96. The molecule has 3 aromatic rings. The molecule has 1 fully saturated rings. The minimum Gasteiger partial charge on any atom is -0.399 e. The number of hydrogen-bond acceptors (Lipinski definition) is 3. The summed E-state index contributed by atoms with van der Waals surface area (Å²) in [4.78, 5) is 0. The molecule has 4 rings (SSSR count). The standard InChI is InChI=1S/C18H19BO2S/c1-17(2)18(3,4)21-19(20-17)15-11-13-10-9-12-7-5-6-8-14(12)16(13)22-15/h5-11H,1-4H3. The summed E-state index contributed by atoms with van der Waals surface area (Å²) in [6.45, 7) is 8.37. The van der Waals surface area contributed by atoms with Crippen LogP contribution in [0.15, 0.2) is 42.5 Å². The monoisotopic (exact) mass is 310 g/mol. The average molecular weight is 310 g/mol. The molecule has 1 saturated heterocycles. The van der Waals surface area contributed by atoms with Crippen LogP contribution in [0, 0.1) is 0 Å². The number of benzene rings is 2. The molecule has 0 radical (unpaired) electrons. The molecule has 112 valence electrons. The molecule has 0 saturated carbocycles. The van der Waals surface area contributed by atoms with Gasteiger partial charge in [0.2, 0.25) is 0 Å². The van der Waals surface area contributed by atoms with Gasteiger partial charge >= 0.3 is 7.12 Å². The van der Waals surface area contributed by atoms with Gasteiger partial charge in [0, 0.05) is 9.48 Å². The second kappa shape index (κ2) is 4.57. The number of hydrogen-bond donors (Lipinski definition) is 0. The van der Waals surface area contributed by atoms with Crippen LogP contribution in [0.1, 0.15) is 27.7 Å². The summed E-state index contributed by atoms with van der Waals surface area (Å²) in [6, 6.07) is 15.1. The maximum Gasteiger partial charge on any atom is 0.505 e. The lowest BCUT2D eigenvalue weighted by Crippen LogP contribution is -2.41. The molecule has 0 unspecified atom stereocenters. The summed E-state index contributed by atoms with van der Waals surface area (Å²) in [5.74, 6) is 0. The van der Waals surface area contributed by atoms with Gasteiger partial charge in [0.25, 0.3) is 0 Å². The van der Waals surface area contributed by atoms with E-state index in [0.717, 1.165) is 4.78 Å². The molecule has 1 aromatic heterocycles. The Labute approximate surface area is 135 Å². The first-order valence-corrected chi connectivity index (χ1v) is 8.46. The second-order valence-electron chi connectivity index (χ2n) is 6.94.